The summed E-state index contributed by atoms with van der Waals surface area (Å²) in [6.07, 6.45) is 2.30. The van der Waals surface area contributed by atoms with E-state index >= 15 is 0 Å². The molecule has 3 heterocycles. The highest BCUT2D eigenvalue weighted by Crippen LogP contribution is 2.31. The average Bonchev–Trinajstić information content (AvgIpc) is 3.02. The van der Waals surface area contributed by atoms with E-state index in [-0.39, 0.29) is 12.5 Å². The van der Waals surface area contributed by atoms with Crippen LogP contribution in [-0.2, 0) is 24.3 Å². The molecule has 0 atom stereocenters. The quantitative estimate of drug-likeness (QED) is 0.572. The van der Waals surface area contributed by atoms with Gasteiger partial charge >= 0.3 is 0 Å². The molecule has 3 aromatic rings. The van der Waals surface area contributed by atoms with E-state index in [2.05, 4.69) is 20.9 Å². The maximum atomic E-state index is 14.2. The van der Waals surface area contributed by atoms with Gasteiger partial charge in [0.25, 0.3) is 0 Å². The molecular formula is C20H17BrF2N4O. The molecule has 8 heteroatoms. The summed E-state index contributed by atoms with van der Waals surface area (Å²) in [7, 11) is 0. The number of rotatable bonds is 3. The van der Waals surface area contributed by atoms with E-state index in [0.29, 0.717) is 29.7 Å². The molecule has 1 aliphatic rings. The van der Waals surface area contributed by atoms with Crippen molar-refractivity contribution in [2.24, 2.45) is 0 Å². The Balaban J connectivity index is 1.79. The lowest BCUT2D eigenvalue weighted by atomic mass is 10.0. The Morgan fingerprint density at radius 1 is 1.25 bits per heavy atom. The van der Waals surface area contributed by atoms with E-state index < -0.39 is 11.6 Å². The standard InChI is InChI=1S/C20H17BrF2N4O/c1-12(28)26-7-5-18-16(11-26)20(13-4-6-24-19(21)8-13)25-27(18)10-14-2-3-15(22)9-17(14)23/h2-4,6,8-9H,5,7,10-11H2,1H3. The highest BCUT2D eigenvalue weighted by atomic mass is 79.9. The highest BCUT2D eigenvalue weighted by Gasteiger charge is 2.27. The van der Waals surface area contributed by atoms with Gasteiger partial charge in [-0.2, -0.15) is 5.10 Å². The number of pyridine rings is 1. The number of benzene rings is 1. The van der Waals surface area contributed by atoms with Crippen LogP contribution >= 0.6 is 15.9 Å². The summed E-state index contributed by atoms with van der Waals surface area (Å²) in [5, 5.41) is 4.73. The lowest BCUT2D eigenvalue weighted by Crippen LogP contribution is -2.34. The fourth-order valence-electron chi connectivity index (χ4n) is 3.48. The number of nitrogens with zero attached hydrogens (tertiary/aromatic N) is 4. The molecule has 5 nitrogen and oxygen atoms in total. The normalized spacial score (nSPS) is 13.5. The van der Waals surface area contributed by atoms with Crippen LogP contribution < -0.4 is 0 Å². The smallest absolute Gasteiger partial charge is 0.219 e. The summed E-state index contributed by atoms with van der Waals surface area (Å²) in [4.78, 5) is 17.8. The molecule has 144 valence electrons. The van der Waals surface area contributed by atoms with Crippen molar-refractivity contribution in [2.45, 2.75) is 26.4 Å². The van der Waals surface area contributed by atoms with Gasteiger partial charge in [0.1, 0.15) is 16.2 Å². The van der Waals surface area contributed by atoms with Gasteiger partial charge in [0.2, 0.25) is 5.91 Å². The van der Waals surface area contributed by atoms with Crippen LogP contribution in [-0.4, -0.2) is 32.1 Å². The van der Waals surface area contributed by atoms with Crippen molar-refractivity contribution in [1.82, 2.24) is 19.7 Å². The number of fused-ring (bicyclic) bond motifs is 1. The molecule has 0 aliphatic carbocycles. The maximum Gasteiger partial charge on any atom is 0.219 e. The average molecular weight is 447 g/mol. The zero-order valence-electron chi connectivity index (χ0n) is 15.1. The fourth-order valence-corrected chi connectivity index (χ4v) is 3.85. The molecule has 1 aliphatic heterocycles. The summed E-state index contributed by atoms with van der Waals surface area (Å²) >= 11 is 3.37. The van der Waals surface area contributed by atoms with E-state index in [1.165, 1.54) is 12.1 Å². The Morgan fingerprint density at radius 3 is 2.79 bits per heavy atom. The molecule has 0 spiro atoms. The highest BCUT2D eigenvalue weighted by molar-refractivity contribution is 9.10. The monoisotopic (exact) mass is 446 g/mol. The Hall–Kier alpha value is -2.61. The molecule has 0 fully saturated rings. The minimum Gasteiger partial charge on any atom is -0.338 e. The van der Waals surface area contributed by atoms with Crippen molar-refractivity contribution in [3.05, 3.63) is 69.6 Å². The van der Waals surface area contributed by atoms with Crippen LogP contribution in [0.15, 0.2) is 41.1 Å². The van der Waals surface area contributed by atoms with Gasteiger partial charge < -0.3 is 4.90 Å². The topological polar surface area (TPSA) is 51.0 Å². The maximum absolute atomic E-state index is 14.2. The van der Waals surface area contributed by atoms with Gasteiger partial charge in [-0.25, -0.2) is 13.8 Å². The Kier molecular flexibility index (Phi) is 4.97. The number of carbonyl (C=O) groups is 1. The first-order valence-electron chi connectivity index (χ1n) is 8.82. The summed E-state index contributed by atoms with van der Waals surface area (Å²) in [6, 6.07) is 7.27. The molecule has 1 amide bonds. The van der Waals surface area contributed by atoms with Gasteiger partial charge in [0.15, 0.2) is 0 Å². The first-order chi connectivity index (χ1) is 13.4. The molecule has 0 N–H and O–H groups in total. The fraction of sp³-hybridized carbons (Fsp3) is 0.250. The summed E-state index contributed by atoms with van der Waals surface area (Å²) in [5.74, 6) is -1.20. The SMILES string of the molecule is CC(=O)N1CCc2c(c(-c3ccnc(Br)c3)nn2Cc2ccc(F)cc2F)C1. The minimum atomic E-state index is -0.608. The largest absolute Gasteiger partial charge is 0.338 e. The van der Waals surface area contributed by atoms with Gasteiger partial charge in [0.05, 0.1) is 12.2 Å². The van der Waals surface area contributed by atoms with E-state index in [4.69, 9.17) is 5.10 Å². The van der Waals surface area contributed by atoms with Crippen LogP contribution in [0, 0.1) is 11.6 Å². The van der Waals surface area contributed by atoms with E-state index in [1.807, 2.05) is 12.1 Å². The lowest BCUT2D eigenvalue weighted by molar-refractivity contribution is -0.129. The molecule has 0 radical (unpaired) electrons. The van der Waals surface area contributed by atoms with Crippen LogP contribution in [0.3, 0.4) is 0 Å². The van der Waals surface area contributed by atoms with Gasteiger partial charge in [0, 0.05) is 61.1 Å². The zero-order chi connectivity index (χ0) is 19.8. The van der Waals surface area contributed by atoms with Crippen molar-refractivity contribution in [3.63, 3.8) is 0 Å². The molecule has 4 rings (SSSR count). The summed E-state index contributed by atoms with van der Waals surface area (Å²) in [6.45, 7) is 2.78. The Labute approximate surface area is 169 Å². The number of halogens is 3. The molecule has 0 bridgehead atoms. The van der Waals surface area contributed by atoms with Crippen molar-refractivity contribution in [2.75, 3.05) is 6.54 Å². The van der Waals surface area contributed by atoms with E-state index in [1.54, 1.807) is 22.7 Å². The van der Waals surface area contributed by atoms with Gasteiger partial charge in [-0.3, -0.25) is 9.48 Å². The second-order valence-corrected chi connectivity index (χ2v) is 7.54. The van der Waals surface area contributed by atoms with Crippen molar-refractivity contribution in [3.8, 4) is 11.3 Å². The molecule has 0 saturated heterocycles. The minimum absolute atomic E-state index is 0.00448. The first kappa shape index (κ1) is 18.7. The molecule has 28 heavy (non-hydrogen) atoms. The van der Waals surface area contributed by atoms with Gasteiger partial charge in [-0.05, 0) is 34.1 Å². The molecule has 0 unspecified atom stereocenters. The third kappa shape index (κ3) is 3.56. The van der Waals surface area contributed by atoms with Crippen LogP contribution in [0.1, 0.15) is 23.7 Å². The summed E-state index contributed by atoms with van der Waals surface area (Å²) in [5.41, 5.74) is 3.88. The zero-order valence-corrected chi connectivity index (χ0v) is 16.7. The molecule has 2 aromatic heterocycles. The number of carbonyl (C=O) groups excluding carboxylic acids is 1. The Bertz CT molecular complexity index is 1070. The van der Waals surface area contributed by atoms with E-state index in [0.717, 1.165) is 28.6 Å². The third-order valence-electron chi connectivity index (χ3n) is 4.91. The van der Waals surface area contributed by atoms with E-state index in [9.17, 15) is 13.6 Å². The van der Waals surface area contributed by atoms with Crippen molar-refractivity contribution < 1.29 is 13.6 Å². The lowest BCUT2D eigenvalue weighted by Gasteiger charge is -2.27. The number of aromatic nitrogens is 3. The Morgan fingerprint density at radius 2 is 2.07 bits per heavy atom. The number of hydrogen-bond donors (Lipinski definition) is 0. The second-order valence-electron chi connectivity index (χ2n) is 6.73. The van der Waals surface area contributed by atoms with Crippen molar-refractivity contribution >= 4 is 21.8 Å². The first-order valence-corrected chi connectivity index (χ1v) is 9.61. The number of hydrogen-bond acceptors (Lipinski definition) is 3. The molecule has 0 saturated carbocycles. The van der Waals surface area contributed by atoms with Gasteiger partial charge in [-0.15, -0.1) is 0 Å². The predicted octanol–water partition coefficient (Wildman–Crippen LogP) is 3.94. The molecular weight excluding hydrogens is 430 g/mol. The second kappa shape index (κ2) is 7.43. The van der Waals surface area contributed by atoms with Gasteiger partial charge in [-0.1, -0.05) is 6.07 Å². The van der Waals surface area contributed by atoms with Crippen LogP contribution in [0.25, 0.3) is 11.3 Å². The summed E-state index contributed by atoms with van der Waals surface area (Å²) < 4.78 is 29.8. The predicted molar refractivity (Wildman–Crippen MR) is 103 cm³/mol. The molecule has 1 aromatic carbocycles. The third-order valence-corrected chi connectivity index (χ3v) is 5.35. The number of amides is 1. The van der Waals surface area contributed by atoms with Crippen LogP contribution in [0.2, 0.25) is 0 Å². The van der Waals surface area contributed by atoms with Crippen molar-refractivity contribution in [1.29, 1.82) is 0 Å². The van der Waals surface area contributed by atoms with Crippen LogP contribution in [0.4, 0.5) is 8.78 Å². The van der Waals surface area contributed by atoms with Crippen LogP contribution in [0.5, 0.6) is 0 Å².